The van der Waals surface area contributed by atoms with Gasteiger partial charge in [0.25, 0.3) is 0 Å². The lowest BCUT2D eigenvalue weighted by Crippen LogP contribution is -2.29. The Morgan fingerprint density at radius 2 is 2.12 bits per heavy atom. The Labute approximate surface area is 110 Å². The van der Waals surface area contributed by atoms with E-state index in [4.69, 9.17) is 4.74 Å². The van der Waals surface area contributed by atoms with Gasteiger partial charge in [0.1, 0.15) is 5.75 Å². The van der Waals surface area contributed by atoms with Gasteiger partial charge in [-0.3, -0.25) is 0 Å². The second kappa shape index (κ2) is 5.38. The van der Waals surface area contributed by atoms with Gasteiger partial charge in [-0.05, 0) is 42.5 Å². The molecule has 0 radical (unpaired) electrons. The molecule has 0 saturated heterocycles. The van der Waals surface area contributed by atoms with Gasteiger partial charge >= 0.3 is 0 Å². The largest absolute Gasteiger partial charge is 0.497 e. The highest BCUT2D eigenvalue weighted by atomic mass is 79.9. The Kier molecular flexibility index (Phi) is 4.07. The number of benzene rings is 1. The fourth-order valence-corrected chi connectivity index (χ4v) is 2.34. The van der Waals surface area contributed by atoms with E-state index in [-0.39, 0.29) is 5.92 Å². The molecular weight excluding hydrogens is 284 g/mol. The first-order chi connectivity index (χ1) is 8.11. The smallest absolute Gasteiger partial charge is 0.119 e. The van der Waals surface area contributed by atoms with Crippen LogP contribution in [0.5, 0.6) is 5.75 Å². The number of aliphatic hydroxyl groups is 2. The van der Waals surface area contributed by atoms with Gasteiger partial charge in [0.15, 0.2) is 0 Å². The Hall–Kier alpha value is -0.580. The number of halogens is 1. The van der Waals surface area contributed by atoms with Crippen molar-refractivity contribution < 1.29 is 14.9 Å². The fraction of sp³-hybridized carbons (Fsp3) is 0.538. The first kappa shape index (κ1) is 12.9. The minimum Gasteiger partial charge on any atom is -0.497 e. The van der Waals surface area contributed by atoms with Crippen LogP contribution in [0.15, 0.2) is 22.7 Å². The quantitative estimate of drug-likeness (QED) is 0.876. The first-order valence-corrected chi connectivity index (χ1v) is 6.59. The predicted molar refractivity (Wildman–Crippen MR) is 69.1 cm³/mol. The maximum absolute atomic E-state index is 9.96. The summed E-state index contributed by atoms with van der Waals surface area (Å²) in [6.07, 6.45) is 1.18. The molecule has 2 atom stereocenters. The van der Waals surface area contributed by atoms with Gasteiger partial charge in [-0.2, -0.15) is 0 Å². The zero-order valence-electron chi connectivity index (χ0n) is 9.77. The molecule has 2 rings (SSSR count). The molecule has 0 aromatic heterocycles. The molecule has 0 heterocycles. The molecule has 0 amide bonds. The van der Waals surface area contributed by atoms with Crippen LogP contribution >= 0.6 is 15.9 Å². The maximum Gasteiger partial charge on any atom is 0.119 e. The third kappa shape index (κ3) is 3.21. The summed E-state index contributed by atoms with van der Waals surface area (Å²) in [7, 11) is 1.61. The molecule has 2 unspecified atom stereocenters. The van der Waals surface area contributed by atoms with E-state index < -0.39 is 12.2 Å². The van der Waals surface area contributed by atoms with Crippen molar-refractivity contribution in [3.63, 3.8) is 0 Å². The van der Waals surface area contributed by atoms with Gasteiger partial charge in [-0.25, -0.2) is 0 Å². The Morgan fingerprint density at radius 3 is 2.71 bits per heavy atom. The average molecular weight is 301 g/mol. The second-order valence-corrected chi connectivity index (χ2v) is 5.41. The van der Waals surface area contributed by atoms with Gasteiger partial charge in [0.2, 0.25) is 0 Å². The molecule has 0 spiro atoms. The molecule has 2 N–H and O–H groups in total. The van der Waals surface area contributed by atoms with Gasteiger partial charge in [-0.15, -0.1) is 0 Å². The van der Waals surface area contributed by atoms with Crippen molar-refractivity contribution in [2.24, 2.45) is 5.92 Å². The first-order valence-electron chi connectivity index (χ1n) is 5.80. The van der Waals surface area contributed by atoms with E-state index in [9.17, 15) is 10.2 Å². The van der Waals surface area contributed by atoms with E-state index in [1.807, 2.05) is 18.2 Å². The van der Waals surface area contributed by atoms with Gasteiger partial charge < -0.3 is 14.9 Å². The van der Waals surface area contributed by atoms with Crippen molar-refractivity contribution in [3.05, 3.63) is 28.2 Å². The van der Waals surface area contributed by atoms with E-state index in [1.165, 1.54) is 0 Å². The molecule has 1 aliphatic carbocycles. The third-order valence-corrected chi connectivity index (χ3v) is 3.95. The van der Waals surface area contributed by atoms with E-state index in [2.05, 4.69) is 15.9 Å². The van der Waals surface area contributed by atoms with Crippen molar-refractivity contribution in [2.75, 3.05) is 7.11 Å². The lowest BCUT2D eigenvalue weighted by molar-refractivity contribution is 0.00663. The molecule has 1 aliphatic rings. The molecule has 1 saturated carbocycles. The molecule has 94 valence electrons. The normalized spacial score (nSPS) is 18.8. The maximum atomic E-state index is 9.96. The van der Waals surface area contributed by atoms with E-state index >= 15 is 0 Å². The predicted octanol–water partition coefficient (Wildman–Crippen LogP) is 2.13. The van der Waals surface area contributed by atoms with Gasteiger partial charge in [-0.1, -0.05) is 15.9 Å². The van der Waals surface area contributed by atoms with E-state index in [0.29, 0.717) is 6.42 Å². The highest BCUT2D eigenvalue weighted by molar-refractivity contribution is 9.10. The van der Waals surface area contributed by atoms with Crippen molar-refractivity contribution in [3.8, 4) is 5.75 Å². The number of methoxy groups -OCH3 is 1. The van der Waals surface area contributed by atoms with Gasteiger partial charge in [0.05, 0.1) is 19.3 Å². The van der Waals surface area contributed by atoms with Crippen molar-refractivity contribution in [1.29, 1.82) is 0 Å². The summed E-state index contributed by atoms with van der Waals surface area (Å²) in [5, 5.41) is 19.8. The minimum absolute atomic E-state index is 0.286. The third-order valence-electron chi connectivity index (χ3n) is 3.18. The summed E-state index contributed by atoms with van der Waals surface area (Å²) in [5.74, 6) is 1.05. The van der Waals surface area contributed by atoms with Crippen molar-refractivity contribution >= 4 is 15.9 Å². The van der Waals surface area contributed by atoms with Crippen LogP contribution in [0, 0.1) is 5.92 Å². The molecule has 4 heteroatoms. The van der Waals surface area contributed by atoms with E-state index in [0.717, 1.165) is 28.6 Å². The molecule has 3 nitrogen and oxygen atoms in total. The number of hydrogen-bond acceptors (Lipinski definition) is 3. The topological polar surface area (TPSA) is 49.7 Å². The Morgan fingerprint density at radius 1 is 1.41 bits per heavy atom. The molecule has 1 aromatic carbocycles. The van der Waals surface area contributed by atoms with Crippen molar-refractivity contribution in [2.45, 2.75) is 31.5 Å². The molecule has 0 aliphatic heterocycles. The number of aliphatic hydroxyl groups excluding tert-OH is 2. The Balaban J connectivity index is 2.05. The lowest BCUT2D eigenvalue weighted by Gasteiger charge is -2.18. The molecule has 1 aromatic rings. The van der Waals surface area contributed by atoms with Crippen LogP contribution < -0.4 is 4.74 Å². The van der Waals surface area contributed by atoms with Crippen LogP contribution in [-0.2, 0) is 6.42 Å². The summed E-state index contributed by atoms with van der Waals surface area (Å²) in [5.41, 5.74) is 0.955. The molecule has 0 bridgehead atoms. The molecule has 1 fully saturated rings. The zero-order chi connectivity index (χ0) is 12.4. The number of rotatable bonds is 5. The van der Waals surface area contributed by atoms with Crippen LogP contribution in [0.3, 0.4) is 0 Å². The van der Waals surface area contributed by atoms with Crippen LogP contribution in [0.25, 0.3) is 0 Å². The lowest BCUT2D eigenvalue weighted by atomic mass is 10.0. The highest BCUT2D eigenvalue weighted by Gasteiger charge is 2.34. The van der Waals surface area contributed by atoms with Crippen LogP contribution in [0.4, 0.5) is 0 Å². The summed E-state index contributed by atoms with van der Waals surface area (Å²) >= 11 is 3.44. The molecular formula is C13H17BrO3. The number of ether oxygens (including phenoxy) is 1. The number of hydrogen-bond donors (Lipinski definition) is 2. The minimum atomic E-state index is -0.703. The fourth-order valence-electron chi connectivity index (χ4n) is 1.93. The summed E-state index contributed by atoms with van der Waals surface area (Å²) < 4.78 is 6.08. The van der Waals surface area contributed by atoms with Crippen LogP contribution in [0.2, 0.25) is 0 Å². The highest BCUT2D eigenvalue weighted by Crippen LogP contribution is 2.35. The summed E-state index contributed by atoms with van der Waals surface area (Å²) in [6, 6.07) is 5.63. The average Bonchev–Trinajstić information content (AvgIpc) is 3.15. The van der Waals surface area contributed by atoms with Crippen LogP contribution in [-0.4, -0.2) is 29.5 Å². The Bertz CT molecular complexity index is 390. The SMILES string of the molecule is COc1ccc(Br)c(CC(O)C(O)C2CC2)c1. The molecule has 17 heavy (non-hydrogen) atoms. The zero-order valence-corrected chi connectivity index (χ0v) is 11.4. The summed E-state index contributed by atoms with van der Waals surface area (Å²) in [6.45, 7) is 0. The summed E-state index contributed by atoms with van der Waals surface area (Å²) in [4.78, 5) is 0. The van der Waals surface area contributed by atoms with Gasteiger partial charge in [0, 0.05) is 10.9 Å². The monoisotopic (exact) mass is 300 g/mol. The van der Waals surface area contributed by atoms with Crippen molar-refractivity contribution in [1.82, 2.24) is 0 Å². The van der Waals surface area contributed by atoms with Crippen LogP contribution in [0.1, 0.15) is 18.4 Å². The standard InChI is InChI=1S/C13H17BrO3/c1-17-10-4-5-11(14)9(6-10)7-12(15)13(16)8-2-3-8/h4-6,8,12-13,15-16H,2-3,7H2,1H3. The van der Waals surface area contributed by atoms with E-state index in [1.54, 1.807) is 7.11 Å². The second-order valence-electron chi connectivity index (χ2n) is 4.56.